The maximum absolute atomic E-state index is 11.7. The molecule has 1 aromatic heterocycles. The molecule has 2 rings (SSSR count). The van der Waals surface area contributed by atoms with Crippen molar-refractivity contribution in [2.24, 2.45) is 7.05 Å². The fourth-order valence-corrected chi connectivity index (χ4v) is 1.97. The predicted molar refractivity (Wildman–Crippen MR) is 82.1 cm³/mol. The van der Waals surface area contributed by atoms with Crippen LogP contribution in [-0.2, 0) is 13.5 Å². The van der Waals surface area contributed by atoms with Crippen LogP contribution in [0.1, 0.15) is 23.1 Å². The zero-order valence-corrected chi connectivity index (χ0v) is 12.3. The molecule has 0 atom stereocenters. The molecule has 1 heterocycles. The number of aryl methyl sites for hydroxylation is 1. The highest BCUT2D eigenvalue weighted by Crippen LogP contribution is 2.19. The lowest BCUT2D eigenvalue weighted by Gasteiger charge is -2.10. The van der Waals surface area contributed by atoms with Gasteiger partial charge in [0.05, 0.1) is 11.4 Å². The molecule has 0 unspecified atom stereocenters. The van der Waals surface area contributed by atoms with Gasteiger partial charge in [0.1, 0.15) is 12.2 Å². The Morgan fingerprint density at radius 1 is 1.43 bits per heavy atom. The molecule has 0 saturated heterocycles. The molecule has 1 aromatic carbocycles. The fraction of sp³-hybridized carbons (Fsp3) is 0.357. The second-order valence-corrected chi connectivity index (χ2v) is 4.70. The van der Waals surface area contributed by atoms with E-state index in [1.54, 1.807) is 18.5 Å². The van der Waals surface area contributed by atoms with Crippen LogP contribution >= 0.6 is 0 Å². The number of hydrogen-bond acceptors (Lipinski definition) is 5. The van der Waals surface area contributed by atoms with Gasteiger partial charge in [0.15, 0.2) is 0 Å². The Balaban J connectivity index is 1.95. The molecule has 0 spiro atoms. The predicted octanol–water partition coefficient (Wildman–Crippen LogP) is 0.802. The minimum absolute atomic E-state index is 0.116. The van der Waals surface area contributed by atoms with Gasteiger partial charge in [-0.15, -0.1) is 10.2 Å². The minimum atomic E-state index is -0.116. The van der Waals surface area contributed by atoms with E-state index in [-0.39, 0.29) is 5.91 Å². The van der Waals surface area contributed by atoms with E-state index in [0.717, 1.165) is 17.9 Å². The number of hydrogen-bond donors (Lipinski definition) is 3. The zero-order valence-electron chi connectivity index (χ0n) is 12.3. The van der Waals surface area contributed by atoms with Crippen molar-refractivity contribution in [1.29, 1.82) is 0 Å². The zero-order chi connectivity index (χ0) is 15.2. The van der Waals surface area contributed by atoms with E-state index < -0.39 is 0 Å². The Labute approximate surface area is 123 Å². The number of rotatable bonds is 6. The molecule has 7 nitrogen and oxygen atoms in total. The van der Waals surface area contributed by atoms with Gasteiger partial charge in [-0.05, 0) is 25.1 Å². The second kappa shape index (κ2) is 6.74. The Bertz CT molecular complexity index is 622. The van der Waals surface area contributed by atoms with Crippen molar-refractivity contribution in [1.82, 2.24) is 20.1 Å². The highest BCUT2D eigenvalue weighted by molar-refractivity contribution is 5.96. The first-order valence-electron chi connectivity index (χ1n) is 6.86. The summed E-state index contributed by atoms with van der Waals surface area (Å²) in [5, 5.41) is 13.8. The van der Waals surface area contributed by atoms with Gasteiger partial charge in [0.2, 0.25) is 0 Å². The molecule has 1 amide bonds. The molecule has 112 valence electrons. The molecule has 0 saturated carbocycles. The maximum atomic E-state index is 11.7. The molecule has 0 aliphatic carbocycles. The average Bonchev–Trinajstić information content (AvgIpc) is 2.86. The summed E-state index contributed by atoms with van der Waals surface area (Å²) in [4.78, 5) is 11.7. The van der Waals surface area contributed by atoms with Crippen LogP contribution in [0, 0.1) is 0 Å². The third-order valence-corrected chi connectivity index (χ3v) is 3.12. The van der Waals surface area contributed by atoms with Gasteiger partial charge in [-0.1, -0.05) is 0 Å². The summed E-state index contributed by atoms with van der Waals surface area (Å²) in [6, 6.07) is 5.25. The van der Waals surface area contributed by atoms with Gasteiger partial charge in [-0.3, -0.25) is 4.79 Å². The van der Waals surface area contributed by atoms with Crippen LogP contribution in [0.3, 0.4) is 0 Å². The monoisotopic (exact) mass is 288 g/mol. The van der Waals surface area contributed by atoms with Crippen LogP contribution in [0.4, 0.5) is 11.4 Å². The molecule has 2 aromatic rings. The molecule has 4 N–H and O–H groups in total. The third-order valence-electron chi connectivity index (χ3n) is 3.12. The van der Waals surface area contributed by atoms with Gasteiger partial charge in [0.25, 0.3) is 5.91 Å². The van der Waals surface area contributed by atoms with Crippen molar-refractivity contribution in [3.63, 3.8) is 0 Å². The van der Waals surface area contributed by atoms with E-state index in [0.29, 0.717) is 24.3 Å². The summed E-state index contributed by atoms with van der Waals surface area (Å²) in [5.74, 6) is 0.787. The maximum Gasteiger partial charge on any atom is 0.251 e. The number of nitrogens with one attached hydrogen (secondary N) is 2. The van der Waals surface area contributed by atoms with Crippen molar-refractivity contribution >= 4 is 17.3 Å². The van der Waals surface area contributed by atoms with Gasteiger partial charge in [-0.2, -0.15) is 0 Å². The van der Waals surface area contributed by atoms with Gasteiger partial charge < -0.3 is 20.9 Å². The Kier molecular flexibility index (Phi) is 4.76. The van der Waals surface area contributed by atoms with Gasteiger partial charge in [0, 0.05) is 32.1 Å². The molecule has 0 bridgehead atoms. The Morgan fingerprint density at radius 3 is 2.86 bits per heavy atom. The lowest BCUT2D eigenvalue weighted by atomic mass is 10.1. The average molecular weight is 288 g/mol. The third kappa shape index (κ3) is 3.71. The number of nitrogens with two attached hydrogens (primary N) is 1. The Hall–Kier alpha value is -2.57. The van der Waals surface area contributed by atoms with E-state index in [1.165, 1.54) is 0 Å². The quantitative estimate of drug-likeness (QED) is 0.683. The van der Waals surface area contributed by atoms with E-state index in [9.17, 15) is 4.79 Å². The van der Waals surface area contributed by atoms with Crippen LogP contribution < -0.4 is 16.4 Å². The van der Waals surface area contributed by atoms with Crippen LogP contribution in [0.15, 0.2) is 24.5 Å². The number of carbonyl (C=O) groups excluding carboxylic acids is 1. The molecular formula is C14H20N6O. The number of benzene rings is 1. The minimum Gasteiger partial charge on any atom is -0.397 e. The number of nitrogens with zero attached hydrogens (tertiary/aromatic N) is 3. The molecule has 21 heavy (non-hydrogen) atoms. The highest BCUT2D eigenvalue weighted by Gasteiger charge is 2.07. The van der Waals surface area contributed by atoms with Crippen LogP contribution in [0.5, 0.6) is 0 Å². The number of amides is 1. The van der Waals surface area contributed by atoms with Crippen molar-refractivity contribution in [3.8, 4) is 0 Å². The first-order valence-corrected chi connectivity index (χ1v) is 6.86. The van der Waals surface area contributed by atoms with Crippen molar-refractivity contribution in [2.45, 2.75) is 13.3 Å². The van der Waals surface area contributed by atoms with Crippen LogP contribution in [0.25, 0.3) is 0 Å². The van der Waals surface area contributed by atoms with E-state index in [1.807, 2.05) is 24.6 Å². The summed E-state index contributed by atoms with van der Waals surface area (Å²) in [6.07, 6.45) is 2.42. The largest absolute Gasteiger partial charge is 0.397 e. The van der Waals surface area contributed by atoms with Crippen LogP contribution in [-0.4, -0.2) is 33.8 Å². The normalized spacial score (nSPS) is 10.4. The summed E-state index contributed by atoms with van der Waals surface area (Å²) in [7, 11) is 1.91. The molecule has 0 radical (unpaired) electrons. The topological polar surface area (TPSA) is 97.9 Å². The number of carbonyl (C=O) groups is 1. The highest BCUT2D eigenvalue weighted by atomic mass is 16.1. The summed E-state index contributed by atoms with van der Waals surface area (Å²) in [5.41, 5.74) is 7.90. The first kappa shape index (κ1) is 14.8. The SMILES string of the molecule is CCNC(=O)c1ccc(NCCc2nncn2C)c(N)c1. The van der Waals surface area contributed by atoms with E-state index >= 15 is 0 Å². The standard InChI is InChI=1S/C14H20N6O/c1-3-16-14(21)10-4-5-12(11(15)8-10)17-7-6-13-19-18-9-20(13)2/h4-5,8-9,17H,3,6-7,15H2,1-2H3,(H,16,21). The van der Waals surface area contributed by atoms with Gasteiger partial charge in [-0.25, -0.2) is 0 Å². The summed E-state index contributed by atoms with van der Waals surface area (Å²) < 4.78 is 1.88. The fourth-order valence-electron chi connectivity index (χ4n) is 1.97. The molecule has 0 aliphatic rings. The lowest BCUT2D eigenvalue weighted by molar-refractivity contribution is 0.0956. The molecular weight excluding hydrogens is 268 g/mol. The van der Waals surface area contributed by atoms with Crippen molar-refractivity contribution in [3.05, 3.63) is 35.9 Å². The van der Waals surface area contributed by atoms with E-state index in [2.05, 4.69) is 20.8 Å². The van der Waals surface area contributed by atoms with Crippen LogP contribution in [0.2, 0.25) is 0 Å². The second-order valence-electron chi connectivity index (χ2n) is 4.70. The summed E-state index contributed by atoms with van der Waals surface area (Å²) in [6.45, 7) is 3.16. The number of nitrogen functional groups attached to an aromatic ring is 1. The number of aromatic nitrogens is 3. The van der Waals surface area contributed by atoms with Crippen molar-refractivity contribution < 1.29 is 4.79 Å². The van der Waals surface area contributed by atoms with E-state index in [4.69, 9.17) is 5.73 Å². The number of anilines is 2. The van der Waals surface area contributed by atoms with Gasteiger partial charge >= 0.3 is 0 Å². The lowest BCUT2D eigenvalue weighted by Crippen LogP contribution is -2.22. The first-order chi connectivity index (χ1) is 10.1. The summed E-state index contributed by atoms with van der Waals surface area (Å²) >= 11 is 0. The molecule has 0 aliphatic heterocycles. The Morgan fingerprint density at radius 2 is 2.24 bits per heavy atom. The molecule has 0 fully saturated rings. The molecule has 7 heteroatoms. The van der Waals surface area contributed by atoms with Crippen molar-refractivity contribution in [2.75, 3.05) is 24.1 Å². The smallest absolute Gasteiger partial charge is 0.251 e.